The molecular formula is C17H22N6O3. The Morgan fingerprint density at radius 1 is 1.27 bits per heavy atom. The third-order valence-electron chi connectivity index (χ3n) is 4.62. The van der Waals surface area contributed by atoms with E-state index in [0.717, 1.165) is 0 Å². The quantitative estimate of drug-likeness (QED) is 0.733. The fraction of sp³-hybridized carbons (Fsp3) is 0.471. The molecule has 3 heterocycles. The molecule has 1 fully saturated rings. The number of hydrogen-bond acceptors (Lipinski definition) is 6. The highest BCUT2D eigenvalue weighted by atomic mass is 16.5. The van der Waals surface area contributed by atoms with Crippen molar-refractivity contribution >= 4 is 11.8 Å². The summed E-state index contributed by atoms with van der Waals surface area (Å²) >= 11 is 0. The summed E-state index contributed by atoms with van der Waals surface area (Å²) in [6, 6.07) is 1.79. The SMILES string of the molecule is COCCNC(=O)C1(n2cccn2)CCN(C(=O)c2cnccn2)CC1. The molecule has 0 radical (unpaired) electrons. The molecular weight excluding hydrogens is 336 g/mol. The van der Waals surface area contributed by atoms with Gasteiger partial charge in [0, 0.05) is 51.5 Å². The molecule has 0 unspecified atom stereocenters. The van der Waals surface area contributed by atoms with E-state index in [9.17, 15) is 9.59 Å². The van der Waals surface area contributed by atoms with Crippen molar-refractivity contribution in [3.8, 4) is 0 Å². The average Bonchev–Trinajstić information content (AvgIpc) is 3.23. The summed E-state index contributed by atoms with van der Waals surface area (Å²) in [5.74, 6) is -0.281. The van der Waals surface area contributed by atoms with Gasteiger partial charge in [-0.1, -0.05) is 0 Å². The average molecular weight is 358 g/mol. The Morgan fingerprint density at radius 3 is 2.69 bits per heavy atom. The van der Waals surface area contributed by atoms with Crippen LogP contribution in [0.2, 0.25) is 0 Å². The van der Waals surface area contributed by atoms with Gasteiger partial charge in [-0.05, 0) is 18.9 Å². The molecule has 0 aliphatic carbocycles. The number of methoxy groups -OCH3 is 1. The van der Waals surface area contributed by atoms with Crippen LogP contribution in [0.25, 0.3) is 0 Å². The van der Waals surface area contributed by atoms with E-state index in [1.165, 1.54) is 18.6 Å². The van der Waals surface area contributed by atoms with Gasteiger partial charge in [0.15, 0.2) is 0 Å². The maximum Gasteiger partial charge on any atom is 0.274 e. The summed E-state index contributed by atoms with van der Waals surface area (Å²) < 4.78 is 6.69. The zero-order valence-corrected chi connectivity index (χ0v) is 14.7. The molecule has 0 saturated carbocycles. The maximum atomic E-state index is 12.9. The Balaban J connectivity index is 1.73. The Bertz CT molecular complexity index is 726. The number of piperidine rings is 1. The second kappa shape index (κ2) is 8.05. The maximum absolute atomic E-state index is 12.9. The number of likely N-dealkylation sites (tertiary alicyclic amines) is 1. The molecule has 26 heavy (non-hydrogen) atoms. The van der Waals surface area contributed by atoms with Gasteiger partial charge >= 0.3 is 0 Å². The van der Waals surface area contributed by atoms with Crippen LogP contribution in [0.3, 0.4) is 0 Å². The second-order valence-corrected chi connectivity index (χ2v) is 6.11. The highest BCUT2D eigenvalue weighted by molar-refractivity contribution is 5.92. The molecule has 2 aromatic heterocycles. The lowest BCUT2D eigenvalue weighted by Gasteiger charge is -2.40. The zero-order valence-electron chi connectivity index (χ0n) is 14.7. The van der Waals surface area contributed by atoms with Crippen molar-refractivity contribution < 1.29 is 14.3 Å². The van der Waals surface area contributed by atoms with Crippen LogP contribution in [0, 0.1) is 0 Å². The van der Waals surface area contributed by atoms with Gasteiger partial charge in [-0.15, -0.1) is 0 Å². The highest BCUT2D eigenvalue weighted by Gasteiger charge is 2.44. The first-order chi connectivity index (χ1) is 12.7. The minimum Gasteiger partial charge on any atom is -0.383 e. The molecule has 1 N–H and O–H groups in total. The van der Waals surface area contributed by atoms with Gasteiger partial charge in [-0.3, -0.25) is 19.3 Å². The molecule has 9 nitrogen and oxygen atoms in total. The molecule has 0 aromatic carbocycles. The minimum absolute atomic E-state index is 0.107. The number of ether oxygens (including phenoxy) is 1. The molecule has 2 amide bonds. The summed E-state index contributed by atoms with van der Waals surface area (Å²) in [4.78, 5) is 35.2. The van der Waals surface area contributed by atoms with Crippen molar-refractivity contribution in [2.45, 2.75) is 18.4 Å². The molecule has 3 rings (SSSR count). The van der Waals surface area contributed by atoms with E-state index in [1.54, 1.807) is 35.2 Å². The third-order valence-corrected chi connectivity index (χ3v) is 4.62. The van der Waals surface area contributed by atoms with Crippen molar-refractivity contribution in [1.29, 1.82) is 0 Å². The molecule has 0 bridgehead atoms. The first-order valence-electron chi connectivity index (χ1n) is 8.50. The van der Waals surface area contributed by atoms with Gasteiger partial charge in [0.1, 0.15) is 11.2 Å². The molecule has 1 saturated heterocycles. The fourth-order valence-corrected chi connectivity index (χ4v) is 3.16. The topological polar surface area (TPSA) is 102 Å². The Morgan fingerprint density at radius 2 is 2.08 bits per heavy atom. The van der Waals surface area contributed by atoms with Gasteiger partial charge in [0.05, 0.1) is 12.8 Å². The number of nitrogens with zero attached hydrogens (tertiary/aromatic N) is 5. The molecule has 1 aliphatic heterocycles. The van der Waals surface area contributed by atoms with Gasteiger partial charge in [-0.2, -0.15) is 5.10 Å². The Hall–Kier alpha value is -2.81. The van der Waals surface area contributed by atoms with Crippen LogP contribution < -0.4 is 5.32 Å². The van der Waals surface area contributed by atoms with Crippen LogP contribution in [0.4, 0.5) is 0 Å². The lowest BCUT2D eigenvalue weighted by atomic mass is 9.86. The monoisotopic (exact) mass is 358 g/mol. The summed E-state index contributed by atoms with van der Waals surface area (Å²) in [5, 5.41) is 7.20. The normalized spacial score (nSPS) is 16.3. The molecule has 138 valence electrons. The van der Waals surface area contributed by atoms with E-state index in [2.05, 4.69) is 20.4 Å². The van der Waals surface area contributed by atoms with Crippen molar-refractivity contribution in [2.24, 2.45) is 0 Å². The van der Waals surface area contributed by atoms with Crippen LogP contribution >= 0.6 is 0 Å². The lowest BCUT2D eigenvalue weighted by Crippen LogP contribution is -2.56. The number of hydrogen-bond donors (Lipinski definition) is 1. The molecule has 2 aromatic rings. The molecule has 9 heteroatoms. The van der Waals surface area contributed by atoms with Crippen molar-refractivity contribution in [3.63, 3.8) is 0 Å². The first-order valence-corrected chi connectivity index (χ1v) is 8.50. The van der Waals surface area contributed by atoms with Crippen LogP contribution in [0.5, 0.6) is 0 Å². The summed E-state index contributed by atoms with van der Waals surface area (Å²) in [5.41, 5.74) is -0.500. The van der Waals surface area contributed by atoms with Gasteiger partial charge in [-0.25, -0.2) is 4.98 Å². The van der Waals surface area contributed by atoms with Crippen molar-refractivity contribution in [1.82, 2.24) is 30.0 Å². The summed E-state index contributed by atoms with van der Waals surface area (Å²) in [7, 11) is 1.59. The lowest BCUT2D eigenvalue weighted by molar-refractivity contribution is -0.133. The molecule has 0 spiro atoms. The van der Waals surface area contributed by atoms with E-state index in [0.29, 0.717) is 44.8 Å². The smallest absolute Gasteiger partial charge is 0.274 e. The van der Waals surface area contributed by atoms with Crippen molar-refractivity contribution in [3.05, 3.63) is 42.7 Å². The number of carbonyl (C=O) groups excluding carboxylic acids is 2. The van der Waals surface area contributed by atoms with E-state index >= 15 is 0 Å². The first kappa shape index (κ1) is 18.0. The van der Waals surface area contributed by atoms with Gasteiger partial charge in [0.2, 0.25) is 5.91 Å². The van der Waals surface area contributed by atoms with Crippen molar-refractivity contribution in [2.75, 3.05) is 33.4 Å². The Labute approximate surface area is 151 Å². The minimum atomic E-state index is -0.809. The number of aromatic nitrogens is 4. The summed E-state index contributed by atoms with van der Waals surface area (Å²) in [6.45, 7) is 1.75. The van der Waals surface area contributed by atoms with Crippen LogP contribution in [-0.2, 0) is 15.1 Å². The predicted octanol–water partition coefficient (Wildman–Crippen LogP) is 0.0672. The largest absolute Gasteiger partial charge is 0.383 e. The van der Waals surface area contributed by atoms with Gasteiger partial charge < -0.3 is 15.0 Å². The number of rotatable bonds is 6. The van der Waals surface area contributed by atoms with Gasteiger partial charge in [0.25, 0.3) is 5.91 Å². The van der Waals surface area contributed by atoms with E-state index < -0.39 is 5.54 Å². The summed E-state index contributed by atoms with van der Waals surface area (Å²) in [6.07, 6.45) is 8.86. The number of carbonyl (C=O) groups is 2. The molecule has 0 atom stereocenters. The predicted molar refractivity (Wildman–Crippen MR) is 92.3 cm³/mol. The van der Waals surface area contributed by atoms with E-state index in [-0.39, 0.29) is 11.8 Å². The zero-order chi connectivity index (χ0) is 18.4. The van der Waals surface area contributed by atoms with E-state index in [1.807, 2.05) is 0 Å². The Kier molecular flexibility index (Phi) is 5.57. The van der Waals surface area contributed by atoms with E-state index in [4.69, 9.17) is 4.74 Å². The fourth-order valence-electron chi connectivity index (χ4n) is 3.16. The second-order valence-electron chi connectivity index (χ2n) is 6.11. The van der Waals surface area contributed by atoms with Crippen LogP contribution in [0.1, 0.15) is 23.3 Å². The number of nitrogens with one attached hydrogen (secondary N) is 1. The third kappa shape index (κ3) is 3.57. The highest BCUT2D eigenvalue weighted by Crippen LogP contribution is 2.30. The number of amides is 2. The van der Waals surface area contributed by atoms with Crippen LogP contribution in [-0.4, -0.2) is 69.8 Å². The van der Waals surface area contributed by atoms with Crippen LogP contribution in [0.15, 0.2) is 37.1 Å². The molecule has 1 aliphatic rings. The standard InChI is InChI=1S/C17H22N6O3/c1-26-12-8-20-16(25)17(23-9-2-5-21-23)3-10-22(11-4-17)15(24)14-13-18-6-7-19-14/h2,5-7,9,13H,3-4,8,10-12H2,1H3,(H,20,25).